The van der Waals surface area contributed by atoms with Gasteiger partial charge in [0.05, 0.1) is 6.42 Å². The Morgan fingerprint density at radius 3 is 1.80 bits per heavy atom. The third kappa shape index (κ3) is 4.91. The number of halogens is 4. The zero-order chi connectivity index (χ0) is 8.41. The summed E-state index contributed by atoms with van der Waals surface area (Å²) in [6.45, 7) is 2.08. The van der Waals surface area contributed by atoms with Crippen molar-refractivity contribution in [2.75, 3.05) is 0 Å². The summed E-state index contributed by atoms with van der Waals surface area (Å²) in [5, 5.41) is -2.25. The molecule has 0 saturated heterocycles. The number of hydrogen-bond acceptors (Lipinski definition) is 0. The second kappa shape index (κ2) is 2.99. The van der Waals surface area contributed by atoms with E-state index in [2.05, 4.69) is 0 Å². The fraction of sp³-hybridized carbons (Fsp3) is 1.00. The van der Waals surface area contributed by atoms with Gasteiger partial charge in [-0.25, -0.2) is 13.2 Å². The molecule has 0 amide bonds. The van der Waals surface area contributed by atoms with E-state index in [0.717, 1.165) is 0 Å². The van der Waals surface area contributed by atoms with Crippen LogP contribution in [0, 0.1) is 0 Å². The molecule has 0 aliphatic heterocycles. The van der Waals surface area contributed by atoms with Gasteiger partial charge in [-0.15, -0.1) is 0 Å². The normalized spacial score (nSPS) is 18.6. The Hall–Kier alpha value is 0.0800. The van der Waals surface area contributed by atoms with E-state index in [1.807, 2.05) is 0 Å². The van der Waals surface area contributed by atoms with Gasteiger partial charge >= 0.3 is 0 Å². The second-order valence-corrected chi connectivity index (χ2v) is 3.13. The topological polar surface area (TPSA) is 0 Å². The van der Waals surface area contributed by atoms with Crippen molar-refractivity contribution in [1.29, 1.82) is 0 Å². The fourth-order valence-corrected chi connectivity index (χ4v) is 0.814. The Bertz CT molecular complexity index is 106. The van der Waals surface area contributed by atoms with Crippen LogP contribution in [0.5, 0.6) is 0 Å². The van der Waals surface area contributed by atoms with E-state index in [1.165, 1.54) is 6.92 Å². The molecule has 0 aromatic rings. The molecule has 62 valence electrons. The molecule has 0 aliphatic rings. The minimum absolute atomic E-state index is 0.0992. The van der Waals surface area contributed by atoms with Gasteiger partial charge in [0.1, 0.15) is 0 Å². The van der Waals surface area contributed by atoms with Crippen molar-refractivity contribution in [1.82, 2.24) is 0 Å². The minimum Gasteiger partial charge on any atom is -0.226 e. The van der Waals surface area contributed by atoms with E-state index in [9.17, 15) is 13.2 Å². The lowest BCUT2D eigenvalue weighted by molar-refractivity contribution is -0.0193. The molecule has 0 bridgehead atoms. The van der Waals surface area contributed by atoms with Gasteiger partial charge in [0.15, 0.2) is 5.13 Å². The highest BCUT2D eigenvalue weighted by molar-refractivity contribution is 6.22. The van der Waals surface area contributed by atoms with E-state index >= 15 is 0 Å². The molecule has 0 heterocycles. The first-order chi connectivity index (χ1) is 4.27. The average Bonchev–Trinajstić information content (AvgIpc) is 1.60. The predicted octanol–water partition coefficient (Wildman–Crippen LogP) is 3.35. The Morgan fingerprint density at radius 1 is 1.30 bits per heavy atom. The first kappa shape index (κ1) is 10.1. The summed E-state index contributed by atoms with van der Waals surface area (Å²) in [5.74, 6) is -3.02. The molecular weight excluding hydrogens is 165 g/mol. The first-order valence-corrected chi connectivity index (χ1v) is 3.40. The lowest BCUT2D eigenvalue weighted by Gasteiger charge is -2.19. The maximum Gasteiger partial charge on any atom is 0.249 e. The molecular formula is C6H10ClF3. The Kier molecular flexibility index (Phi) is 3.01. The van der Waals surface area contributed by atoms with Crippen molar-refractivity contribution >= 4 is 11.6 Å². The Morgan fingerprint density at radius 2 is 1.70 bits per heavy atom. The van der Waals surface area contributed by atoms with Gasteiger partial charge < -0.3 is 0 Å². The van der Waals surface area contributed by atoms with Crippen LogP contribution in [-0.2, 0) is 0 Å². The fourth-order valence-electron chi connectivity index (χ4n) is 0.579. The largest absolute Gasteiger partial charge is 0.249 e. The van der Waals surface area contributed by atoms with Crippen molar-refractivity contribution in [3.05, 3.63) is 0 Å². The molecule has 0 rings (SSSR count). The standard InChI is InChI=1S/C6H10ClF3/c1-3-6(7,10)4-5(2,8)9/h3-4H2,1-2H3. The maximum atomic E-state index is 12.6. The third-order valence-electron chi connectivity index (χ3n) is 1.09. The molecule has 0 N–H and O–H groups in total. The summed E-state index contributed by atoms with van der Waals surface area (Å²) in [6, 6.07) is 0. The highest BCUT2D eigenvalue weighted by atomic mass is 35.5. The molecule has 0 aromatic carbocycles. The van der Waals surface area contributed by atoms with Gasteiger partial charge in [-0.05, 0) is 13.3 Å². The predicted molar refractivity (Wildman–Crippen MR) is 35.2 cm³/mol. The Balaban J connectivity index is 3.89. The van der Waals surface area contributed by atoms with Gasteiger partial charge in [0, 0.05) is 0 Å². The zero-order valence-corrected chi connectivity index (χ0v) is 6.68. The smallest absolute Gasteiger partial charge is 0.226 e. The minimum atomic E-state index is -3.02. The van der Waals surface area contributed by atoms with Crippen LogP contribution in [0.1, 0.15) is 26.7 Å². The molecule has 4 heteroatoms. The van der Waals surface area contributed by atoms with Gasteiger partial charge in [-0.3, -0.25) is 0 Å². The lowest BCUT2D eigenvalue weighted by atomic mass is 10.1. The quantitative estimate of drug-likeness (QED) is 0.576. The van der Waals surface area contributed by atoms with Gasteiger partial charge in [-0.2, -0.15) is 0 Å². The third-order valence-corrected chi connectivity index (χ3v) is 1.49. The Labute approximate surface area is 63.4 Å². The summed E-state index contributed by atoms with van der Waals surface area (Å²) >= 11 is 5.06. The average molecular weight is 175 g/mol. The summed E-state index contributed by atoms with van der Waals surface area (Å²) in [5.41, 5.74) is 0. The van der Waals surface area contributed by atoms with Crippen LogP contribution >= 0.6 is 11.6 Å². The summed E-state index contributed by atoms with van der Waals surface area (Å²) in [4.78, 5) is 0. The molecule has 0 aliphatic carbocycles. The van der Waals surface area contributed by atoms with Crippen molar-refractivity contribution in [3.8, 4) is 0 Å². The van der Waals surface area contributed by atoms with E-state index < -0.39 is 17.5 Å². The summed E-state index contributed by atoms with van der Waals surface area (Å²) in [6.07, 6.45) is -1.02. The molecule has 0 nitrogen and oxygen atoms in total. The van der Waals surface area contributed by atoms with Gasteiger partial charge in [0.2, 0.25) is 5.92 Å². The van der Waals surface area contributed by atoms with Crippen molar-refractivity contribution in [2.24, 2.45) is 0 Å². The maximum absolute atomic E-state index is 12.6. The number of rotatable bonds is 3. The molecule has 0 fully saturated rings. The monoisotopic (exact) mass is 174 g/mol. The number of alkyl halides is 4. The van der Waals surface area contributed by atoms with Crippen molar-refractivity contribution in [3.63, 3.8) is 0 Å². The molecule has 1 unspecified atom stereocenters. The number of hydrogen-bond donors (Lipinski definition) is 0. The van der Waals surface area contributed by atoms with Crippen LogP contribution in [-0.4, -0.2) is 11.1 Å². The van der Waals surface area contributed by atoms with Crippen LogP contribution in [0.2, 0.25) is 0 Å². The lowest BCUT2D eigenvalue weighted by Crippen LogP contribution is -2.24. The molecule has 0 saturated carbocycles. The van der Waals surface area contributed by atoms with E-state index in [4.69, 9.17) is 11.6 Å². The molecule has 0 radical (unpaired) electrons. The van der Waals surface area contributed by atoms with E-state index in [1.54, 1.807) is 0 Å². The SMILES string of the molecule is CCC(F)(Cl)CC(C)(F)F. The summed E-state index contributed by atoms with van der Waals surface area (Å²) < 4.78 is 36.8. The van der Waals surface area contributed by atoms with Crippen LogP contribution in [0.3, 0.4) is 0 Å². The molecule has 0 aromatic heterocycles. The van der Waals surface area contributed by atoms with Crippen molar-refractivity contribution in [2.45, 2.75) is 37.7 Å². The summed E-state index contributed by atoms with van der Waals surface area (Å²) in [7, 11) is 0. The zero-order valence-electron chi connectivity index (χ0n) is 5.93. The molecule has 10 heavy (non-hydrogen) atoms. The molecule has 1 atom stereocenters. The molecule has 0 spiro atoms. The first-order valence-electron chi connectivity index (χ1n) is 3.02. The van der Waals surface area contributed by atoms with Crippen molar-refractivity contribution < 1.29 is 13.2 Å². The van der Waals surface area contributed by atoms with Crippen LogP contribution in [0.25, 0.3) is 0 Å². The highest BCUT2D eigenvalue weighted by Gasteiger charge is 2.36. The van der Waals surface area contributed by atoms with Crippen LogP contribution < -0.4 is 0 Å². The van der Waals surface area contributed by atoms with E-state index in [0.29, 0.717) is 6.92 Å². The van der Waals surface area contributed by atoms with E-state index in [-0.39, 0.29) is 6.42 Å². The van der Waals surface area contributed by atoms with Gasteiger partial charge in [0.25, 0.3) is 0 Å². The van der Waals surface area contributed by atoms with Crippen LogP contribution in [0.15, 0.2) is 0 Å². The highest BCUT2D eigenvalue weighted by Crippen LogP contribution is 2.34. The second-order valence-electron chi connectivity index (χ2n) is 2.46. The van der Waals surface area contributed by atoms with Gasteiger partial charge in [-0.1, -0.05) is 18.5 Å². The van der Waals surface area contributed by atoms with Crippen LogP contribution in [0.4, 0.5) is 13.2 Å².